The van der Waals surface area contributed by atoms with Crippen molar-refractivity contribution in [3.05, 3.63) is 0 Å². The molecule has 0 aromatic heterocycles. The van der Waals surface area contributed by atoms with Crippen molar-refractivity contribution in [2.75, 3.05) is 0 Å². The zero-order chi connectivity index (χ0) is 12.3. The van der Waals surface area contributed by atoms with Crippen molar-refractivity contribution in [2.24, 2.45) is 16.2 Å². The molecule has 1 atom stereocenters. The number of hydrogen-bond acceptors (Lipinski definition) is 5. The monoisotopic (exact) mass is 246 g/mol. The number of carbonyl (C=O) groups is 1. The fourth-order valence-electron chi connectivity index (χ4n) is 1.19. The van der Waals surface area contributed by atoms with Crippen LogP contribution in [0.5, 0.6) is 0 Å². The van der Waals surface area contributed by atoms with E-state index in [4.69, 9.17) is 16.4 Å². The first-order chi connectivity index (χ1) is 7.35. The Kier molecular flexibility index (Phi) is 3.91. The quantitative estimate of drug-likeness (QED) is 0.436. The molecule has 0 saturated carbocycles. The standard InChI is InChI=1S/C10H15ClN2O3/c1-6(2)8-5-10(4,16-13-8)9(14)15-12-7(3)11/h6H,5H2,1-4H3/b12-7-. The maximum atomic E-state index is 11.7. The second-order valence-electron chi connectivity index (χ2n) is 4.20. The zero-order valence-electron chi connectivity index (χ0n) is 9.78. The lowest BCUT2D eigenvalue weighted by Gasteiger charge is -2.17. The van der Waals surface area contributed by atoms with Crippen LogP contribution in [-0.4, -0.2) is 22.5 Å². The van der Waals surface area contributed by atoms with Gasteiger partial charge in [-0.25, -0.2) is 4.79 Å². The highest BCUT2D eigenvalue weighted by atomic mass is 35.5. The van der Waals surface area contributed by atoms with E-state index < -0.39 is 11.6 Å². The lowest BCUT2D eigenvalue weighted by atomic mass is 9.94. The van der Waals surface area contributed by atoms with Gasteiger partial charge in [0.25, 0.3) is 0 Å². The molecule has 1 aliphatic heterocycles. The third-order valence-electron chi connectivity index (χ3n) is 2.24. The lowest BCUT2D eigenvalue weighted by molar-refractivity contribution is -0.167. The average molecular weight is 247 g/mol. The van der Waals surface area contributed by atoms with Gasteiger partial charge in [-0.2, -0.15) is 0 Å². The van der Waals surface area contributed by atoms with Gasteiger partial charge < -0.3 is 9.68 Å². The van der Waals surface area contributed by atoms with Crippen molar-refractivity contribution in [1.29, 1.82) is 0 Å². The van der Waals surface area contributed by atoms with Gasteiger partial charge in [-0.1, -0.05) is 35.8 Å². The van der Waals surface area contributed by atoms with Crippen LogP contribution in [0.3, 0.4) is 0 Å². The summed E-state index contributed by atoms with van der Waals surface area (Å²) in [5.41, 5.74) is -0.249. The van der Waals surface area contributed by atoms with Crippen molar-refractivity contribution in [2.45, 2.75) is 39.7 Å². The second kappa shape index (κ2) is 4.82. The predicted octanol–water partition coefficient (Wildman–Crippen LogP) is 2.29. The molecule has 1 aliphatic rings. The van der Waals surface area contributed by atoms with Crippen LogP contribution in [0, 0.1) is 5.92 Å². The van der Waals surface area contributed by atoms with Gasteiger partial charge in [0.15, 0.2) is 0 Å². The Hall–Kier alpha value is -1.10. The summed E-state index contributed by atoms with van der Waals surface area (Å²) < 4.78 is 0. The van der Waals surface area contributed by atoms with Gasteiger partial charge >= 0.3 is 5.97 Å². The normalized spacial score (nSPS) is 25.4. The smallest absolute Gasteiger partial charge is 0.377 e. The molecule has 6 heteroatoms. The first kappa shape index (κ1) is 13.0. The molecule has 0 N–H and O–H groups in total. The molecular formula is C10H15ClN2O3. The fraction of sp³-hybridized carbons (Fsp3) is 0.700. The van der Waals surface area contributed by atoms with E-state index in [-0.39, 0.29) is 11.1 Å². The van der Waals surface area contributed by atoms with Gasteiger partial charge in [0, 0.05) is 6.42 Å². The molecule has 90 valence electrons. The van der Waals surface area contributed by atoms with Gasteiger partial charge in [-0.05, 0) is 19.8 Å². The molecule has 16 heavy (non-hydrogen) atoms. The van der Waals surface area contributed by atoms with E-state index in [2.05, 4.69) is 15.1 Å². The molecule has 1 heterocycles. The van der Waals surface area contributed by atoms with E-state index >= 15 is 0 Å². The van der Waals surface area contributed by atoms with Gasteiger partial charge in [0.05, 0.1) is 5.71 Å². The van der Waals surface area contributed by atoms with Gasteiger partial charge in [-0.3, -0.25) is 0 Å². The van der Waals surface area contributed by atoms with Crippen LogP contribution in [0.25, 0.3) is 0 Å². The minimum Gasteiger partial charge on any atom is -0.377 e. The van der Waals surface area contributed by atoms with Gasteiger partial charge in [0.1, 0.15) is 5.17 Å². The van der Waals surface area contributed by atoms with Crippen molar-refractivity contribution in [3.63, 3.8) is 0 Å². The van der Waals surface area contributed by atoms with Gasteiger partial charge in [-0.15, -0.1) is 0 Å². The maximum absolute atomic E-state index is 11.7. The van der Waals surface area contributed by atoms with E-state index in [9.17, 15) is 4.79 Å². The van der Waals surface area contributed by atoms with Crippen LogP contribution in [0.4, 0.5) is 0 Å². The molecule has 0 aromatic carbocycles. The molecule has 1 unspecified atom stereocenters. The molecule has 0 fully saturated rings. The Morgan fingerprint density at radius 1 is 1.69 bits per heavy atom. The second-order valence-corrected chi connectivity index (χ2v) is 4.75. The molecule has 0 spiro atoms. The number of halogens is 1. The topological polar surface area (TPSA) is 60.2 Å². The largest absolute Gasteiger partial charge is 0.381 e. The molecule has 1 rings (SSSR count). The number of oxime groups is 2. The Balaban J connectivity index is 2.62. The Labute approximate surface area is 99.4 Å². The number of rotatable bonds is 3. The van der Waals surface area contributed by atoms with E-state index in [1.165, 1.54) is 6.92 Å². The van der Waals surface area contributed by atoms with Crippen molar-refractivity contribution in [1.82, 2.24) is 0 Å². The van der Waals surface area contributed by atoms with Crippen LogP contribution in [0.1, 0.15) is 34.1 Å². The molecule has 0 saturated heterocycles. The SMILES string of the molecule is C/C(Cl)=N/OC(=O)C1(C)CC(C(C)C)=NO1. The van der Waals surface area contributed by atoms with Crippen molar-refractivity contribution < 1.29 is 14.5 Å². The molecule has 0 amide bonds. The molecule has 5 nitrogen and oxygen atoms in total. The third kappa shape index (κ3) is 2.95. The molecule has 0 radical (unpaired) electrons. The van der Waals surface area contributed by atoms with Crippen LogP contribution in [0.2, 0.25) is 0 Å². The highest BCUT2D eigenvalue weighted by Crippen LogP contribution is 2.27. The first-order valence-electron chi connectivity index (χ1n) is 5.01. The molecule has 0 aromatic rings. The predicted molar refractivity (Wildman–Crippen MR) is 61.4 cm³/mol. The first-order valence-corrected chi connectivity index (χ1v) is 5.39. The minimum absolute atomic E-state index is 0.153. The summed E-state index contributed by atoms with van der Waals surface area (Å²) in [5, 5.41) is 7.41. The summed E-state index contributed by atoms with van der Waals surface area (Å²) in [5.74, 6) is -0.347. The summed E-state index contributed by atoms with van der Waals surface area (Å²) in [6, 6.07) is 0. The van der Waals surface area contributed by atoms with Crippen molar-refractivity contribution >= 4 is 28.5 Å². The summed E-state index contributed by atoms with van der Waals surface area (Å²) >= 11 is 5.46. The summed E-state index contributed by atoms with van der Waals surface area (Å²) in [6.07, 6.45) is 0.417. The van der Waals surface area contributed by atoms with E-state index in [0.717, 1.165) is 5.71 Å². The van der Waals surface area contributed by atoms with Crippen LogP contribution in [-0.2, 0) is 14.5 Å². The van der Waals surface area contributed by atoms with E-state index in [1.54, 1.807) is 6.92 Å². The van der Waals surface area contributed by atoms with Crippen LogP contribution < -0.4 is 0 Å². The lowest BCUT2D eigenvalue weighted by Crippen LogP contribution is -2.36. The third-order valence-corrected chi connectivity index (χ3v) is 2.30. The van der Waals surface area contributed by atoms with Crippen molar-refractivity contribution in [3.8, 4) is 0 Å². The summed E-state index contributed by atoms with van der Waals surface area (Å²) in [6.45, 7) is 7.11. The maximum Gasteiger partial charge on any atom is 0.381 e. The summed E-state index contributed by atoms with van der Waals surface area (Å²) in [4.78, 5) is 21.4. The molecule has 0 aliphatic carbocycles. The van der Waals surface area contributed by atoms with Gasteiger partial charge in [0.2, 0.25) is 5.60 Å². The van der Waals surface area contributed by atoms with E-state index in [0.29, 0.717) is 6.42 Å². The number of carbonyl (C=O) groups excluding carboxylic acids is 1. The highest BCUT2D eigenvalue weighted by Gasteiger charge is 2.44. The molecular weight excluding hydrogens is 232 g/mol. The Bertz CT molecular complexity index is 348. The Morgan fingerprint density at radius 3 is 2.75 bits per heavy atom. The highest BCUT2D eigenvalue weighted by molar-refractivity contribution is 6.64. The zero-order valence-corrected chi connectivity index (χ0v) is 10.5. The molecule has 0 bridgehead atoms. The fourth-order valence-corrected chi connectivity index (χ4v) is 1.22. The van der Waals surface area contributed by atoms with Crippen LogP contribution >= 0.6 is 11.6 Å². The minimum atomic E-state index is -1.09. The summed E-state index contributed by atoms with van der Waals surface area (Å²) in [7, 11) is 0. The average Bonchev–Trinajstić information content (AvgIpc) is 2.58. The van der Waals surface area contributed by atoms with E-state index in [1.807, 2.05) is 13.8 Å². The van der Waals surface area contributed by atoms with Crippen LogP contribution in [0.15, 0.2) is 10.3 Å². The number of hydrogen-bond donors (Lipinski definition) is 0. The number of nitrogens with zero attached hydrogens (tertiary/aromatic N) is 2. The Morgan fingerprint density at radius 2 is 2.31 bits per heavy atom.